The maximum atomic E-state index is 2.40. The van der Waals surface area contributed by atoms with Crippen LogP contribution in [0.4, 0.5) is 0 Å². The van der Waals surface area contributed by atoms with Gasteiger partial charge in [0.2, 0.25) is 0 Å². The fourth-order valence-electron chi connectivity index (χ4n) is 5.19. The molecule has 5 aromatic rings. The standard InChI is InChI=1S/C32H34/c1-3-5-7-9-23-11-17-29-25(19-23)13-15-27-22-32-28(21-31(27)29)16-14-26-20-24(10-8-6-4-2)12-18-30(26)32/h11-22H,3-10H2,1-2H3. The first-order chi connectivity index (χ1) is 15.8. The van der Waals surface area contributed by atoms with Crippen LogP contribution >= 0.6 is 0 Å². The van der Waals surface area contributed by atoms with Crippen molar-refractivity contribution in [1.82, 2.24) is 0 Å². The molecule has 0 aliphatic heterocycles. The molecule has 0 aromatic heterocycles. The third-order valence-corrected chi connectivity index (χ3v) is 7.06. The van der Waals surface area contributed by atoms with Gasteiger partial charge in [-0.3, -0.25) is 0 Å². The van der Waals surface area contributed by atoms with Crippen LogP contribution in [0.1, 0.15) is 63.5 Å². The van der Waals surface area contributed by atoms with E-state index in [-0.39, 0.29) is 0 Å². The number of rotatable bonds is 8. The van der Waals surface area contributed by atoms with Crippen molar-refractivity contribution in [3.63, 3.8) is 0 Å². The molecule has 0 atom stereocenters. The first-order valence-corrected chi connectivity index (χ1v) is 12.6. The zero-order valence-electron chi connectivity index (χ0n) is 19.6. The summed E-state index contributed by atoms with van der Waals surface area (Å²) >= 11 is 0. The minimum absolute atomic E-state index is 1.19. The predicted octanol–water partition coefficient (Wildman–Crippen LogP) is 9.76. The monoisotopic (exact) mass is 418 g/mol. The highest BCUT2D eigenvalue weighted by atomic mass is 14.1. The first kappa shape index (κ1) is 21.0. The van der Waals surface area contributed by atoms with E-state index in [1.54, 1.807) is 0 Å². The van der Waals surface area contributed by atoms with E-state index in [9.17, 15) is 0 Å². The van der Waals surface area contributed by atoms with E-state index >= 15 is 0 Å². The maximum absolute atomic E-state index is 2.40. The molecule has 0 bridgehead atoms. The Kier molecular flexibility index (Phi) is 6.12. The van der Waals surface area contributed by atoms with Gasteiger partial charge in [0.05, 0.1) is 0 Å². The Labute approximate surface area is 192 Å². The molecule has 0 saturated carbocycles. The van der Waals surface area contributed by atoms with E-state index in [0.717, 1.165) is 0 Å². The fraction of sp³-hybridized carbons (Fsp3) is 0.312. The third kappa shape index (κ3) is 4.11. The quantitative estimate of drug-likeness (QED) is 0.134. The molecule has 0 heteroatoms. The van der Waals surface area contributed by atoms with E-state index in [1.807, 2.05) is 0 Å². The Morgan fingerprint density at radius 2 is 0.812 bits per heavy atom. The van der Waals surface area contributed by atoms with E-state index < -0.39 is 0 Å². The third-order valence-electron chi connectivity index (χ3n) is 7.06. The van der Waals surface area contributed by atoms with Gasteiger partial charge in [0.25, 0.3) is 0 Å². The molecule has 0 heterocycles. The fourth-order valence-corrected chi connectivity index (χ4v) is 5.19. The van der Waals surface area contributed by atoms with Crippen LogP contribution in [0.3, 0.4) is 0 Å². The summed E-state index contributed by atoms with van der Waals surface area (Å²) in [6.45, 7) is 4.54. The summed E-state index contributed by atoms with van der Waals surface area (Å²) in [5.74, 6) is 0. The smallest absolute Gasteiger partial charge is 0.00990 e. The molecule has 5 rings (SSSR count). The van der Waals surface area contributed by atoms with E-state index in [4.69, 9.17) is 0 Å². The van der Waals surface area contributed by atoms with E-state index in [2.05, 4.69) is 86.6 Å². The van der Waals surface area contributed by atoms with Gasteiger partial charge in [-0.15, -0.1) is 0 Å². The Balaban J connectivity index is 1.56. The molecule has 0 nitrogen and oxygen atoms in total. The van der Waals surface area contributed by atoms with Crippen LogP contribution < -0.4 is 0 Å². The lowest BCUT2D eigenvalue weighted by molar-refractivity contribution is 0.718. The second-order valence-corrected chi connectivity index (χ2v) is 9.45. The van der Waals surface area contributed by atoms with Crippen LogP contribution in [0, 0.1) is 0 Å². The molecule has 0 unspecified atom stereocenters. The van der Waals surface area contributed by atoms with Crippen LogP contribution in [0.25, 0.3) is 43.1 Å². The lowest BCUT2D eigenvalue weighted by Gasteiger charge is -2.11. The van der Waals surface area contributed by atoms with Gasteiger partial charge in [-0.05, 0) is 92.0 Å². The number of fused-ring (bicyclic) bond motifs is 6. The van der Waals surface area contributed by atoms with Gasteiger partial charge >= 0.3 is 0 Å². The van der Waals surface area contributed by atoms with Gasteiger partial charge in [0, 0.05) is 0 Å². The topological polar surface area (TPSA) is 0 Å². The Morgan fingerprint density at radius 3 is 1.22 bits per heavy atom. The molecule has 0 radical (unpaired) electrons. The van der Waals surface area contributed by atoms with Crippen LogP contribution in [0.15, 0.2) is 72.8 Å². The lowest BCUT2D eigenvalue weighted by atomic mass is 9.93. The molecule has 0 saturated heterocycles. The molecule has 0 spiro atoms. The van der Waals surface area contributed by atoms with Crippen molar-refractivity contribution in [2.45, 2.75) is 65.2 Å². The van der Waals surface area contributed by atoms with Gasteiger partial charge in [0.15, 0.2) is 0 Å². The molecule has 32 heavy (non-hydrogen) atoms. The Hall–Kier alpha value is -2.86. The molecule has 0 fully saturated rings. The number of aryl methyl sites for hydroxylation is 2. The number of benzene rings is 5. The van der Waals surface area contributed by atoms with Crippen molar-refractivity contribution in [1.29, 1.82) is 0 Å². The van der Waals surface area contributed by atoms with Crippen LogP contribution in [-0.4, -0.2) is 0 Å². The van der Waals surface area contributed by atoms with Crippen molar-refractivity contribution in [3.8, 4) is 0 Å². The van der Waals surface area contributed by atoms with E-state index in [0.29, 0.717) is 0 Å². The Bertz CT molecular complexity index is 1280. The van der Waals surface area contributed by atoms with Crippen molar-refractivity contribution in [2.24, 2.45) is 0 Å². The summed E-state index contributed by atoms with van der Waals surface area (Å²) in [6, 6.07) is 28.2. The van der Waals surface area contributed by atoms with Gasteiger partial charge < -0.3 is 0 Å². The first-order valence-electron chi connectivity index (χ1n) is 12.6. The van der Waals surface area contributed by atoms with E-state index in [1.165, 1.54) is 106 Å². The summed E-state index contributed by atoms with van der Waals surface area (Å²) in [6.07, 6.45) is 10.1. The summed E-state index contributed by atoms with van der Waals surface area (Å²) in [4.78, 5) is 0. The average Bonchev–Trinajstić information content (AvgIpc) is 2.83. The highest BCUT2D eigenvalue weighted by Gasteiger charge is 2.07. The minimum atomic E-state index is 1.19. The van der Waals surface area contributed by atoms with Gasteiger partial charge in [-0.25, -0.2) is 0 Å². The predicted molar refractivity (Wildman–Crippen MR) is 143 cm³/mol. The van der Waals surface area contributed by atoms with Crippen molar-refractivity contribution in [2.75, 3.05) is 0 Å². The normalized spacial score (nSPS) is 11.8. The van der Waals surface area contributed by atoms with Crippen molar-refractivity contribution in [3.05, 3.63) is 83.9 Å². The SMILES string of the molecule is CCCCCc1ccc2c(ccc3cc4c(ccc5cc(CCCCC)ccc54)cc32)c1. The molecule has 0 aliphatic rings. The van der Waals surface area contributed by atoms with Gasteiger partial charge in [0.1, 0.15) is 0 Å². The largest absolute Gasteiger partial charge is 0.0654 e. The Morgan fingerprint density at radius 1 is 0.406 bits per heavy atom. The molecule has 5 aromatic carbocycles. The summed E-state index contributed by atoms with van der Waals surface area (Å²) in [5, 5.41) is 10.9. The van der Waals surface area contributed by atoms with Crippen molar-refractivity contribution < 1.29 is 0 Å². The highest BCUT2D eigenvalue weighted by Crippen LogP contribution is 2.34. The molecule has 162 valence electrons. The number of hydrogen-bond donors (Lipinski definition) is 0. The second-order valence-electron chi connectivity index (χ2n) is 9.45. The lowest BCUT2D eigenvalue weighted by Crippen LogP contribution is -1.88. The molecule has 0 amide bonds. The van der Waals surface area contributed by atoms with Gasteiger partial charge in [-0.2, -0.15) is 0 Å². The molecular formula is C32H34. The zero-order valence-corrected chi connectivity index (χ0v) is 19.6. The van der Waals surface area contributed by atoms with Crippen LogP contribution in [-0.2, 0) is 12.8 Å². The summed E-state index contributed by atoms with van der Waals surface area (Å²) in [7, 11) is 0. The zero-order chi connectivity index (χ0) is 21.9. The average molecular weight is 419 g/mol. The second kappa shape index (κ2) is 9.33. The van der Waals surface area contributed by atoms with Crippen LogP contribution in [0.5, 0.6) is 0 Å². The minimum Gasteiger partial charge on any atom is -0.0654 e. The molecular weight excluding hydrogens is 384 g/mol. The summed E-state index contributed by atoms with van der Waals surface area (Å²) < 4.78 is 0. The van der Waals surface area contributed by atoms with Gasteiger partial charge in [-0.1, -0.05) is 100 Å². The van der Waals surface area contributed by atoms with Crippen LogP contribution in [0.2, 0.25) is 0 Å². The number of hydrogen-bond acceptors (Lipinski definition) is 0. The number of unbranched alkanes of at least 4 members (excludes halogenated alkanes) is 4. The highest BCUT2D eigenvalue weighted by molar-refractivity contribution is 6.17. The molecule has 0 N–H and O–H groups in total. The summed E-state index contributed by atoms with van der Waals surface area (Å²) in [5.41, 5.74) is 2.93. The molecule has 0 aliphatic carbocycles. The maximum Gasteiger partial charge on any atom is -0.00990 e. The van der Waals surface area contributed by atoms with Crippen molar-refractivity contribution >= 4 is 43.1 Å².